The lowest BCUT2D eigenvalue weighted by atomic mass is 10.1. The molecule has 0 saturated carbocycles. The molecule has 0 spiro atoms. The van der Waals surface area contributed by atoms with Crippen LogP contribution in [-0.2, 0) is 0 Å². The number of anilines is 1. The minimum atomic E-state index is -0.226. The van der Waals surface area contributed by atoms with Crippen LogP contribution in [0.25, 0.3) is 0 Å². The third kappa shape index (κ3) is 3.95. The Bertz CT molecular complexity index is 790. The predicted molar refractivity (Wildman–Crippen MR) is 91.9 cm³/mol. The summed E-state index contributed by atoms with van der Waals surface area (Å²) >= 11 is 0. The molecule has 0 aliphatic carbocycles. The maximum absolute atomic E-state index is 12.2. The standard InChI is InChI=1S/C19H17N3O2/c1-14(15-5-3-2-4-6-15)24-18-8-7-16(13-21-18)19(23)22-17-9-11-20-12-10-17/h2-14H,1H3,(H,20,22,23). The highest BCUT2D eigenvalue weighted by Crippen LogP contribution is 2.20. The number of hydrogen-bond donors (Lipinski definition) is 1. The van der Waals surface area contributed by atoms with Crippen molar-refractivity contribution in [2.24, 2.45) is 0 Å². The highest BCUT2D eigenvalue weighted by molar-refractivity contribution is 6.04. The van der Waals surface area contributed by atoms with E-state index in [-0.39, 0.29) is 12.0 Å². The van der Waals surface area contributed by atoms with Gasteiger partial charge in [0.05, 0.1) is 5.56 Å². The second-order valence-corrected chi connectivity index (χ2v) is 5.25. The van der Waals surface area contributed by atoms with Gasteiger partial charge in [-0.1, -0.05) is 30.3 Å². The summed E-state index contributed by atoms with van der Waals surface area (Å²) in [4.78, 5) is 20.3. The van der Waals surface area contributed by atoms with Crippen molar-refractivity contribution in [3.05, 3.63) is 84.3 Å². The Hall–Kier alpha value is -3.21. The van der Waals surface area contributed by atoms with Crippen LogP contribution < -0.4 is 10.1 Å². The molecule has 0 aliphatic rings. The van der Waals surface area contributed by atoms with Crippen molar-refractivity contribution in [2.45, 2.75) is 13.0 Å². The van der Waals surface area contributed by atoms with E-state index in [2.05, 4.69) is 15.3 Å². The highest BCUT2D eigenvalue weighted by Gasteiger charge is 2.10. The monoisotopic (exact) mass is 319 g/mol. The molecule has 3 rings (SSSR count). The highest BCUT2D eigenvalue weighted by atomic mass is 16.5. The second kappa shape index (κ2) is 7.37. The summed E-state index contributed by atoms with van der Waals surface area (Å²) in [5.41, 5.74) is 2.22. The molecule has 0 radical (unpaired) electrons. The first-order valence-electron chi connectivity index (χ1n) is 7.61. The summed E-state index contributed by atoms with van der Waals surface area (Å²) in [7, 11) is 0. The van der Waals surface area contributed by atoms with Crippen LogP contribution in [0.5, 0.6) is 5.88 Å². The van der Waals surface area contributed by atoms with Crippen LogP contribution in [0.2, 0.25) is 0 Å². The van der Waals surface area contributed by atoms with E-state index < -0.39 is 0 Å². The molecule has 5 heteroatoms. The zero-order valence-electron chi connectivity index (χ0n) is 13.2. The van der Waals surface area contributed by atoms with E-state index in [0.29, 0.717) is 17.1 Å². The van der Waals surface area contributed by atoms with Crippen molar-refractivity contribution in [3.8, 4) is 5.88 Å². The summed E-state index contributed by atoms with van der Waals surface area (Å²) in [6, 6.07) is 16.7. The first-order valence-corrected chi connectivity index (χ1v) is 7.61. The lowest BCUT2D eigenvalue weighted by Gasteiger charge is -2.14. The normalized spacial score (nSPS) is 11.5. The molecule has 120 valence electrons. The molecule has 24 heavy (non-hydrogen) atoms. The van der Waals surface area contributed by atoms with E-state index in [0.717, 1.165) is 5.56 Å². The Balaban J connectivity index is 1.64. The van der Waals surface area contributed by atoms with E-state index >= 15 is 0 Å². The van der Waals surface area contributed by atoms with Gasteiger partial charge in [0.15, 0.2) is 0 Å². The van der Waals surface area contributed by atoms with Gasteiger partial charge in [-0.15, -0.1) is 0 Å². The van der Waals surface area contributed by atoms with Crippen LogP contribution in [0.1, 0.15) is 28.9 Å². The van der Waals surface area contributed by atoms with Crippen molar-refractivity contribution in [1.29, 1.82) is 0 Å². The fourth-order valence-corrected chi connectivity index (χ4v) is 2.20. The Morgan fingerprint density at radius 2 is 1.79 bits per heavy atom. The third-order valence-electron chi connectivity index (χ3n) is 3.50. The molecule has 5 nitrogen and oxygen atoms in total. The van der Waals surface area contributed by atoms with Crippen LogP contribution in [0.3, 0.4) is 0 Å². The topological polar surface area (TPSA) is 64.1 Å². The fourth-order valence-electron chi connectivity index (χ4n) is 2.20. The number of pyridine rings is 2. The number of rotatable bonds is 5. The third-order valence-corrected chi connectivity index (χ3v) is 3.50. The zero-order chi connectivity index (χ0) is 16.8. The number of amides is 1. The van der Waals surface area contributed by atoms with Gasteiger partial charge in [0.25, 0.3) is 5.91 Å². The quantitative estimate of drug-likeness (QED) is 0.775. The lowest BCUT2D eigenvalue weighted by Crippen LogP contribution is -2.12. The average molecular weight is 319 g/mol. The Labute approximate surface area is 140 Å². The average Bonchev–Trinajstić information content (AvgIpc) is 2.64. The summed E-state index contributed by atoms with van der Waals surface area (Å²) in [5, 5.41) is 2.78. The van der Waals surface area contributed by atoms with Crippen LogP contribution in [0.4, 0.5) is 5.69 Å². The molecule has 1 N–H and O–H groups in total. The first-order chi connectivity index (χ1) is 11.7. The maximum atomic E-state index is 12.2. The fraction of sp³-hybridized carbons (Fsp3) is 0.105. The SMILES string of the molecule is CC(Oc1ccc(C(=O)Nc2ccncc2)cn1)c1ccccc1. The predicted octanol–water partition coefficient (Wildman–Crippen LogP) is 3.87. The molecule has 2 aromatic heterocycles. The van der Waals surface area contributed by atoms with Crippen LogP contribution in [0, 0.1) is 0 Å². The number of carbonyl (C=O) groups excluding carboxylic acids is 1. The van der Waals surface area contributed by atoms with Crippen LogP contribution in [-0.4, -0.2) is 15.9 Å². The first kappa shape index (κ1) is 15.7. The molecule has 1 unspecified atom stereocenters. The Morgan fingerprint density at radius 3 is 2.46 bits per heavy atom. The second-order valence-electron chi connectivity index (χ2n) is 5.25. The lowest BCUT2D eigenvalue weighted by molar-refractivity contribution is 0.102. The van der Waals surface area contributed by atoms with Gasteiger partial charge in [-0.2, -0.15) is 0 Å². The van der Waals surface area contributed by atoms with Gasteiger partial charge in [0, 0.05) is 30.3 Å². The number of ether oxygens (including phenoxy) is 1. The van der Waals surface area contributed by atoms with Crippen LogP contribution in [0.15, 0.2) is 73.2 Å². The molecule has 1 amide bonds. The number of carbonyl (C=O) groups is 1. The minimum absolute atomic E-state index is 0.116. The van der Waals surface area contributed by atoms with Gasteiger partial charge in [0.1, 0.15) is 6.10 Å². The van der Waals surface area contributed by atoms with E-state index in [1.807, 2.05) is 37.3 Å². The molecule has 0 saturated heterocycles. The van der Waals surface area contributed by atoms with Gasteiger partial charge in [-0.25, -0.2) is 4.98 Å². The largest absolute Gasteiger partial charge is 0.470 e. The van der Waals surface area contributed by atoms with Crippen molar-refractivity contribution >= 4 is 11.6 Å². The van der Waals surface area contributed by atoms with Gasteiger partial charge in [-0.3, -0.25) is 9.78 Å². The smallest absolute Gasteiger partial charge is 0.257 e. The molecule has 0 fully saturated rings. The summed E-state index contributed by atoms with van der Waals surface area (Å²) in [5.74, 6) is 0.253. The number of hydrogen-bond acceptors (Lipinski definition) is 4. The Kier molecular flexibility index (Phi) is 4.81. The van der Waals surface area contributed by atoms with Crippen molar-refractivity contribution in [3.63, 3.8) is 0 Å². The Morgan fingerprint density at radius 1 is 1.04 bits per heavy atom. The number of benzene rings is 1. The van der Waals surface area contributed by atoms with Crippen molar-refractivity contribution in [2.75, 3.05) is 5.32 Å². The van der Waals surface area contributed by atoms with Crippen molar-refractivity contribution < 1.29 is 9.53 Å². The van der Waals surface area contributed by atoms with E-state index in [1.165, 1.54) is 6.20 Å². The van der Waals surface area contributed by atoms with Gasteiger partial charge in [-0.05, 0) is 30.7 Å². The van der Waals surface area contributed by atoms with E-state index in [9.17, 15) is 4.79 Å². The molecule has 3 aromatic rings. The molecular weight excluding hydrogens is 302 g/mol. The van der Waals surface area contributed by atoms with E-state index in [4.69, 9.17) is 4.74 Å². The van der Waals surface area contributed by atoms with Gasteiger partial charge >= 0.3 is 0 Å². The molecule has 0 aliphatic heterocycles. The number of aromatic nitrogens is 2. The summed E-state index contributed by atoms with van der Waals surface area (Å²) in [6.07, 6.45) is 4.63. The molecule has 1 aromatic carbocycles. The zero-order valence-corrected chi connectivity index (χ0v) is 13.2. The molecule has 2 heterocycles. The van der Waals surface area contributed by atoms with Gasteiger partial charge < -0.3 is 10.1 Å². The summed E-state index contributed by atoms with van der Waals surface area (Å²) in [6.45, 7) is 1.96. The van der Waals surface area contributed by atoms with E-state index in [1.54, 1.807) is 36.7 Å². The van der Waals surface area contributed by atoms with Crippen LogP contribution >= 0.6 is 0 Å². The molecule has 1 atom stereocenters. The summed E-state index contributed by atoms with van der Waals surface area (Å²) < 4.78 is 5.80. The van der Waals surface area contributed by atoms with Crippen molar-refractivity contribution in [1.82, 2.24) is 9.97 Å². The number of nitrogens with one attached hydrogen (secondary N) is 1. The van der Waals surface area contributed by atoms with Gasteiger partial charge in [0.2, 0.25) is 5.88 Å². The number of nitrogens with zero attached hydrogens (tertiary/aromatic N) is 2. The molecule has 0 bridgehead atoms. The minimum Gasteiger partial charge on any atom is -0.470 e. The maximum Gasteiger partial charge on any atom is 0.257 e. The molecular formula is C19H17N3O2.